The van der Waals surface area contributed by atoms with Crippen molar-refractivity contribution < 1.29 is 14.6 Å². The molecule has 0 radical (unpaired) electrons. The van der Waals surface area contributed by atoms with Gasteiger partial charge in [0.1, 0.15) is 0 Å². The van der Waals surface area contributed by atoms with Crippen LogP contribution in [0.15, 0.2) is 23.8 Å². The lowest BCUT2D eigenvalue weighted by Crippen LogP contribution is -2.54. The Balaban J connectivity index is 1.39. The Morgan fingerprint density at radius 2 is 2.08 bits per heavy atom. The van der Waals surface area contributed by atoms with Crippen LogP contribution in [0.4, 0.5) is 0 Å². The van der Waals surface area contributed by atoms with E-state index in [4.69, 9.17) is 4.74 Å². The molecule has 0 aromatic rings. The molecule has 1 N–H and O–H groups in total. The Bertz CT molecular complexity index is 723. The van der Waals surface area contributed by atoms with E-state index in [1.165, 1.54) is 31.3 Å². The molecule has 0 amide bonds. The largest absolute Gasteiger partial charge is 0.365 e. The molecule has 0 aromatic heterocycles. The Morgan fingerprint density at radius 3 is 2.85 bits per heavy atom. The van der Waals surface area contributed by atoms with Crippen LogP contribution in [-0.2, 0) is 9.53 Å². The number of rotatable bonds is 1. The van der Waals surface area contributed by atoms with Crippen LogP contribution in [0.2, 0.25) is 0 Å². The Hall–Kier alpha value is -0.930. The summed E-state index contributed by atoms with van der Waals surface area (Å²) in [5, 5.41) is 10.1. The van der Waals surface area contributed by atoms with Crippen LogP contribution < -0.4 is 0 Å². The number of aliphatic hydroxyl groups is 1. The number of hydrogen-bond acceptors (Lipinski definition) is 3. The maximum Gasteiger partial charge on any atom is 0.175 e. The number of allylic oxidation sites excluding steroid dienone is 1. The van der Waals surface area contributed by atoms with Crippen LogP contribution in [0.5, 0.6) is 0 Å². The SMILES string of the molecule is CC[C@]12CCC3C(C1CC[C@@]21C=CC(O)O1)[C@@H]1C[C@@H]1C1=CC(=O)CC[C@@H]13. The summed E-state index contributed by atoms with van der Waals surface area (Å²) in [5.74, 6) is 4.91. The second-order valence-electron chi connectivity index (χ2n) is 9.95. The highest BCUT2D eigenvalue weighted by atomic mass is 16.6. The second-order valence-corrected chi connectivity index (χ2v) is 9.95. The van der Waals surface area contributed by atoms with Crippen LogP contribution in [-0.4, -0.2) is 22.8 Å². The predicted octanol–water partition coefficient (Wildman–Crippen LogP) is 4.02. The van der Waals surface area contributed by atoms with Gasteiger partial charge in [-0.25, -0.2) is 0 Å². The van der Waals surface area contributed by atoms with E-state index >= 15 is 0 Å². The number of ether oxygens (including phenoxy) is 1. The molecular weight excluding hydrogens is 324 g/mol. The van der Waals surface area contributed by atoms with E-state index in [1.807, 2.05) is 12.2 Å². The molecule has 0 bridgehead atoms. The van der Waals surface area contributed by atoms with Crippen molar-refractivity contribution in [1.82, 2.24) is 0 Å². The van der Waals surface area contributed by atoms with Gasteiger partial charge in [0, 0.05) is 11.8 Å². The van der Waals surface area contributed by atoms with Gasteiger partial charge in [0.25, 0.3) is 0 Å². The summed E-state index contributed by atoms with van der Waals surface area (Å²) >= 11 is 0. The lowest BCUT2D eigenvalue weighted by molar-refractivity contribution is -0.188. The van der Waals surface area contributed by atoms with Gasteiger partial charge in [-0.05, 0) is 92.6 Å². The van der Waals surface area contributed by atoms with Gasteiger partial charge in [-0.1, -0.05) is 18.6 Å². The topological polar surface area (TPSA) is 46.5 Å². The highest BCUT2D eigenvalue weighted by Gasteiger charge is 2.69. The maximum atomic E-state index is 12.0. The number of ketones is 1. The smallest absolute Gasteiger partial charge is 0.175 e. The molecule has 6 rings (SSSR count). The van der Waals surface area contributed by atoms with Gasteiger partial charge in [-0.3, -0.25) is 4.79 Å². The van der Waals surface area contributed by atoms with Crippen LogP contribution in [0.1, 0.15) is 58.3 Å². The number of aliphatic hydroxyl groups excluding tert-OH is 1. The van der Waals surface area contributed by atoms with E-state index in [9.17, 15) is 9.90 Å². The number of carbonyl (C=O) groups excluding carboxylic acids is 1. The molecule has 1 aliphatic heterocycles. The summed E-state index contributed by atoms with van der Waals surface area (Å²) in [7, 11) is 0. The first-order chi connectivity index (χ1) is 12.6. The first-order valence-corrected chi connectivity index (χ1v) is 10.9. The van der Waals surface area contributed by atoms with E-state index in [0.29, 0.717) is 17.6 Å². The fourth-order valence-electron chi connectivity index (χ4n) is 8.56. The van der Waals surface area contributed by atoms with Gasteiger partial charge in [0.05, 0.1) is 5.60 Å². The van der Waals surface area contributed by atoms with Crippen molar-refractivity contribution >= 4 is 5.78 Å². The molecule has 9 atom stereocenters. The van der Waals surface area contributed by atoms with E-state index < -0.39 is 6.29 Å². The lowest BCUT2D eigenvalue weighted by Gasteiger charge is -2.56. The molecule has 4 fully saturated rings. The third-order valence-electron chi connectivity index (χ3n) is 9.49. The van der Waals surface area contributed by atoms with Gasteiger partial charge in [0.15, 0.2) is 12.1 Å². The van der Waals surface area contributed by atoms with Crippen molar-refractivity contribution in [3.05, 3.63) is 23.8 Å². The fourth-order valence-corrected chi connectivity index (χ4v) is 8.56. The molecule has 4 saturated carbocycles. The zero-order valence-electron chi connectivity index (χ0n) is 15.7. The molecule has 3 heteroatoms. The molecule has 5 aliphatic carbocycles. The summed E-state index contributed by atoms with van der Waals surface area (Å²) in [6.07, 6.45) is 14.6. The molecule has 4 unspecified atom stereocenters. The summed E-state index contributed by atoms with van der Waals surface area (Å²) in [6, 6.07) is 0. The molecule has 1 spiro atoms. The molecular formula is C23H30O3. The highest BCUT2D eigenvalue weighted by Crippen LogP contribution is 2.73. The Morgan fingerprint density at radius 1 is 1.19 bits per heavy atom. The average molecular weight is 354 g/mol. The summed E-state index contributed by atoms with van der Waals surface area (Å²) < 4.78 is 6.21. The third kappa shape index (κ3) is 1.80. The molecule has 140 valence electrons. The Labute approximate surface area is 155 Å². The van der Waals surface area contributed by atoms with Crippen molar-refractivity contribution in [1.29, 1.82) is 0 Å². The van der Waals surface area contributed by atoms with Crippen molar-refractivity contribution in [2.75, 3.05) is 0 Å². The molecule has 6 aliphatic rings. The van der Waals surface area contributed by atoms with Crippen molar-refractivity contribution in [2.24, 2.45) is 40.9 Å². The summed E-state index contributed by atoms with van der Waals surface area (Å²) in [5.41, 5.74) is 1.53. The zero-order valence-corrected chi connectivity index (χ0v) is 15.7. The summed E-state index contributed by atoms with van der Waals surface area (Å²) in [6.45, 7) is 2.35. The van der Waals surface area contributed by atoms with E-state index in [1.54, 1.807) is 0 Å². The average Bonchev–Trinajstić information content (AvgIpc) is 3.27. The standard InChI is InChI=1S/C23H30O3/c1-2-22-8-5-15-14-4-3-13(24)11-16(14)17-12-18(17)21(15)19(22)6-9-23(22)10-7-20(25)26-23/h7,10-11,14-15,17-21,25H,2-6,8-9,12H2,1H3/t14-,15?,17-,18-,19?,20?,21?,22+,23-/m1/s1. The van der Waals surface area contributed by atoms with E-state index in [2.05, 4.69) is 13.0 Å². The zero-order chi connectivity index (χ0) is 17.7. The lowest BCUT2D eigenvalue weighted by atomic mass is 9.49. The minimum absolute atomic E-state index is 0.209. The number of fused-ring (bicyclic) bond motifs is 9. The molecule has 0 saturated heterocycles. The molecule has 1 heterocycles. The van der Waals surface area contributed by atoms with Gasteiger partial charge in [-0.15, -0.1) is 0 Å². The van der Waals surface area contributed by atoms with Gasteiger partial charge < -0.3 is 9.84 Å². The maximum absolute atomic E-state index is 12.0. The second kappa shape index (κ2) is 5.11. The number of carbonyl (C=O) groups is 1. The molecule has 26 heavy (non-hydrogen) atoms. The van der Waals surface area contributed by atoms with Crippen molar-refractivity contribution in [3.63, 3.8) is 0 Å². The van der Waals surface area contributed by atoms with Gasteiger partial charge in [-0.2, -0.15) is 0 Å². The number of hydrogen-bond donors (Lipinski definition) is 1. The Kier molecular flexibility index (Phi) is 3.16. The van der Waals surface area contributed by atoms with Crippen LogP contribution >= 0.6 is 0 Å². The monoisotopic (exact) mass is 354 g/mol. The van der Waals surface area contributed by atoms with Crippen LogP contribution in [0.25, 0.3) is 0 Å². The summed E-state index contributed by atoms with van der Waals surface area (Å²) in [4.78, 5) is 12.0. The normalized spacial score (nSPS) is 56.6. The first-order valence-electron chi connectivity index (χ1n) is 10.9. The fraction of sp³-hybridized carbons (Fsp3) is 0.783. The molecule has 3 nitrogen and oxygen atoms in total. The van der Waals surface area contributed by atoms with Crippen molar-refractivity contribution in [2.45, 2.75) is 70.2 Å². The van der Waals surface area contributed by atoms with Crippen molar-refractivity contribution in [3.8, 4) is 0 Å². The third-order valence-corrected chi connectivity index (χ3v) is 9.49. The first kappa shape index (κ1) is 16.1. The van der Waals surface area contributed by atoms with Gasteiger partial charge in [0.2, 0.25) is 0 Å². The highest BCUT2D eigenvalue weighted by molar-refractivity contribution is 5.91. The minimum atomic E-state index is -0.714. The van der Waals surface area contributed by atoms with Crippen LogP contribution in [0.3, 0.4) is 0 Å². The van der Waals surface area contributed by atoms with E-state index in [-0.39, 0.29) is 11.0 Å². The van der Waals surface area contributed by atoms with Gasteiger partial charge >= 0.3 is 0 Å². The minimum Gasteiger partial charge on any atom is -0.365 e. The van der Waals surface area contributed by atoms with Crippen LogP contribution in [0, 0.1) is 40.9 Å². The molecule has 0 aromatic carbocycles. The predicted molar refractivity (Wildman–Crippen MR) is 98.0 cm³/mol. The van der Waals surface area contributed by atoms with E-state index in [0.717, 1.165) is 49.4 Å². The quantitative estimate of drug-likeness (QED) is 0.724.